The number of nitrogens with two attached hydrogens (primary N) is 1. The molecule has 2 atom stereocenters. The van der Waals surface area contributed by atoms with Crippen molar-refractivity contribution >= 4 is 21.8 Å². The van der Waals surface area contributed by atoms with E-state index in [1.54, 1.807) is 12.0 Å². The van der Waals surface area contributed by atoms with Crippen LogP contribution in [0.15, 0.2) is 22.7 Å². The zero-order valence-corrected chi connectivity index (χ0v) is 12.9. The Hall–Kier alpha value is -0.980. The van der Waals surface area contributed by atoms with Gasteiger partial charge in [0.1, 0.15) is 5.82 Å². The Morgan fingerprint density at radius 2 is 2.35 bits per heavy atom. The molecule has 4 nitrogen and oxygen atoms in total. The van der Waals surface area contributed by atoms with Crippen molar-refractivity contribution in [1.29, 1.82) is 0 Å². The fourth-order valence-electron chi connectivity index (χ4n) is 2.51. The van der Waals surface area contributed by atoms with Gasteiger partial charge in [0.05, 0.1) is 10.6 Å². The molecule has 0 spiro atoms. The molecule has 0 bridgehead atoms. The fourth-order valence-corrected chi connectivity index (χ4v) is 2.89. The number of amides is 1. The molecule has 1 fully saturated rings. The first kappa shape index (κ1) is 15.4. The quantitative estimate of drug-likeness (QED) is 0.914. The van der Waals surface area contributed by atoms with Gasteiger partial charge in [-0.1, -0.05) is 0 Å². The molecule has 1 amide bonds. The average molecular weight is 345 g/mol. The molecule has 1 aromatic rings. The molecule has 0 saturated carbocycles. The molecule has 0 radical (unpaired) electrons. The van der Waals surface area contributed by atoms with Crippen LogP contribution in [-0.4, -0.2) is 43.2 Å². The van der Waals surface area contributed by atoms with Crippen LogP contribution < -0.4 is 5.73 Å². The maximum atomic E-state index is 13.2. The van der Waals surface area contributed by atoms with Crippen LogP contribution >= 0.6 is 15.9 Å². The molecule has 2 N–H and O–H groups in total. The van der Waals surface area contributed by atoms with Crippen molar-refractivity contribution < 1.29 is 13.9 Å². The van der Waals surface area contributed by atoms with Crippen LogP contribution in [0.4, 0.5) is 4.39 Å². The van der Waals surface area contributed by atoms with Gasteiger partial charge in [-0.2, -0.15) is 0 Å². The van der Waals surface area contributed by atoms with Crippen LogP contribution in [0.25, 0.3) is 0 Å². The third kappa shape index (κ3) is 3.19. The number of piperidine rings is 1. The van der Waals surface area contributed by atoms with Crippen LogP contribution in [0.1, 0.15) is 23.2 Å². The lowest BCUT2D eigenvalue weighted by atomic mass is 9.98. The molecular formula is C14H18BrFN2O2. The Labute approximate surface area is 126 Å². The Morgan fingerprint density at radius 3 is 2.95 bits per heavy atom. The number of methoxy groups -OCH3 is 1. The number of carbonyl (C=O) groups excluding carboxylic acids is 1. The monoisotopic (exact) mass is 344 g/mol. The van der Waals surface area contributed by atoms with Gasteiger partial charge in [-0.25, -0.2) is 4.39 Å². The SMILES string of the molecule is COC1CCN(C(=O)c2ccc(F)c(Br)c2)C(CN)C1. The third-order valence-electron chi connectivity index (χ3n) is 3.70. The summed E-state index contributed by atoms with van der Waals surface area (Å²) in [5.41, 5.74) is 6.23. The van der Waals surface area contributed by atoms with Crippen LogP contribution in [0.3, 0.4) is 0 Å². The molecule has 1 heterocycles. The van der Waals surface area contributed by atoms with Crippen LogP contribution in [-0.2, 0) is 4.74 Å². The first-order chi connectivity index (χ1) is 9.56. The molecular weight excluding hydrogens is 327 g/mol. The van der Waals surface area contributed by atoms with Crippen molar-refractivity contribution in [3.63, 3.8) is 0 Å². The number of benzene rings is 1. The Kier molecular flexibility index (Phi) is 5.12. The molecule has 0 aromatic heterocycles. The molecule has 1 aliphatic heterocycles. The number of carbonyl (C=O) groups is 1. The Balaban J connectivity index is 2.17. The molecule has 1 aliphatic rings. The van der Waals surface area contributed by atoms with E-state index in [0.29, 0.717) is 23.1 Å². The predicted octanol–water partition coefficient (Wildman–Crippen LogP) is 2.17. The van der Waals surface area contributed by atoms with Crippen LogP contribution in [0.5, 0.6) is 0 Å². The number of nitrogens with zero attached hydrogens (tertiary/aromatic N) is 1. The molecule has 1 saturated heterocycles. The van der Waals surface area contributed by atoms with E-state index in [0.717, 1.165) is 12.8 Å². The number of ether oxygens (including phenoxy) is 1. The summed E-state index contributed by atoms with van der Waals surface area (Å²) in [6.45, 7) is 1.00. The number of halogens is 2. The van der Waals surface area contributed by atoms with Crippen molar-refractivity contribution in [2.45, 2.75) is 25.0 Å². The summed E-state index contributed by atoms with van der Waals surface area (Å²) in [7, 11) is 1.67. The van der Waals surface area contributed by atoms with Gasteiger partial charge in [0.15, 0.2) is 0 Å². The number of rotatable bonds is 3. The van der Waals surface area contributed by atoms with Crippen molar-refractivity contribution in [3.8, 4) is 0 Å². The minimum atomic E-state index is -0.380. The third-order valence-corrected chi connectivity index (χ3v) is 4.31. The topological polar surface area (TPSA) is 55.6 Å². The zero-order chi connectivity index (χ0) is 14.7. The van der Waals surface area contributed by atoms with Gasteiger partial charge in [0.2, 0.25) is 0 Å². The minimum absolute atomic E-state index is 0.0370. The van der Waals surface area contributed by atoms with E-state index < -0.39 is 0 Å². The molecule has 0 aliphatic carbocycles. The van der Waals surface area contributed by atoms with E-state index in [4.69, 9.17) is 10.5 Å². The van der Waals surface area contributed by atoms with Crippen LogP contribution in [0.2, 0.25) is 0 Å². The highest BCUT2D eigenvalue weighted by atomic mass is 79.9. The molecule has 2 rings (SSSR count). The van der Waals surface area contributed by atoms with E-state index in [9.17, 15) is 9.18 Å². The van der Waals surface area contributed by atoms with Crippen molar-refractivity contribution in [2.24, 2.45) is 5.73 Å². The summed E-state index contributed by atoms with van der Waals surface area (Å²) >= 11 is 3.10. The maximum Gasteiger partial charge on any atom is 0.254 e. The predicted molar refractivity (Wildman–Crippen MR) is 78.0 cm³/mol. The number of hydrogen-bond donors (Lipinski definition) is 1. The Morgan fingerprint density at radius 1 is 1.60 bits per heavy atom. The molecule has 110 valence electrons. The molecule has 6 heteroatoms. The second kappa shape index (κ2) is 6.65. The highest BCUT2D eigenvalue weighted by Gasteiger charge is 2.31. The fraction of sp³-hybridized carbons (Fsp3) is 0.500. The van der Waals surface area contributed by atoms with Crippen molar-refractivity contribution in [3.05, 3.63) is 34.1 Å². The van der Waals surface area contributed by atoms with Crippen molar-refractivity contribution in [1.82, 2.24) is 4.90 Å². The normalized spacial score (nSPS) is 22.9. The van der Waals surface area contributed by atoms with Gasteiger partial charge in [0, 0.05) is 31.8 Å². The molecule has 1 aromatic carbocycles. The summed E-state index contributed by atoms with van der Waals surface area (Å²) in [5, 5.41) is 0. The van der Waals surface area contributed by atoms with E-state index in [2.05, 4.69) is 15.9 Å². The maximum absolute atomic E-state index is 13.2. The summed E-state index contributed by atoms with van der Waals surface area (Å²) < 4.78 is 18.9. The molecule has 20 heavy (non-hydrogen) atoms. The smallest absolute Gasteiger partial charge is 0.254 e. The van der Waals surface area contributed by atoms with Gasteiger partial charge in [-0.3, -0.25) is 4.79 Å². The first-order valence-electron chi connectivity index (χ1n) is 6.55. The van der Waals surface area contributed by atoms with E-state index >= 15 is 0 Å². The van der Waals surface area contributed by atoms with Gasteiger partial charge in [-0.05, 0) is 47.0 Å². The lowest BCUT2D eigenvalue weighted by molar-refractivity contribution is 0.0139. The number of hydrogen-bond acceptors (Lipinski definition) is 3. The minimum Gasteiger partial charge on any atom is -0.381 e. The average Bonchev–Trinajstić information content (AvgIpc) is 2.48. The highest BCUT2D eigenvalue weighted by molar-refractivity contribution is 9.10. The Bertz CT molecular complexity index is 498. The second-order valence-electron chi connectivity index (χ2n) is 4.90. The van der Waals surface area contributed by atoms with Gasteiger partial charge in [-0.15, -0.1) is 0 Å². The zero-order valence-electron chi connectivity index (χ0n) is 11.3. The summed E-state index contributed by atoms with van der Waals surface area (Å²) in [6, 6.07) is 4.26. The van der Waals surface area contributed by atoms with Crippen LogP contribution in [0, 0.1) is 5.82 Å². The largest absolute Gasteiger partial charge is 0.381 e. The first-order valence-corrected chi connectivity index (χ1v) is 7.35. The summed E-state index contributed by atoms with van der Waals surface area (Å²) in [5.74, 6) is -0.495. The van der Waals surface area contributed by atoms with Crippen molar-refractivity contribution in [2.75, 3.05) is 20.2 Å². The lowest BCUT2D eigenvalue weighted by Gasteiger charge is -2.38. The highest BCUT2D eigenvalue weighted by Crippen LogP contribution is 2.23. The van der Waals surface area contributed by atoms with E-state index in [1.165, 1.54) is 18.2 Å². The molecule has 2 unspecified atom stereocenters. The standard InChI is InChI=1S/C14H18BrFN2O2/c1-20-11-4-5-18(10(7-11)8-17)14(19)9-2-3-13(16)12(15)6-9/h2-3,6,10-11H,4-5,7-8,17H2,1H3. The summed E-state index contributed by atoms with van der Waals surface area (Å²) in [4.78, 5) is 14.3. The summed E-state index contributed by atoms with van der Waals surface area (Å²) in [6.07, 6.45) is 1.68. The van der Waals surface area contributed by atoms with Gasteiger partial charge >= 0.3 is 0 Å². The number of likely N-dealkylation sites (tertiary alicyclic amines) is 1. The van der Waals surface area contributed by atoms with E-state index in [-0.39, 0.29) is 23.9 Å². The second-order valence-corrected chi connectivity index (χ2v) is 5.75. The van der Waals surface area contributed by atoms with Gasteiger partial charge in [0.25, 0.3) is 5.91 Å². The lowest BCUT2D eigenvalue weighted by Crippen LogP contribution is -2.51. The van der Waals surface area contributed by atoms with Gasteiger partial charge < -0.3 is 15.4 Å². The van der Waals surface area contributed by atoms with E-state index in [1.807, 2.05) is 0 Å².